The summed E-state index contributed by atoms with van der Waals surface area (Å²) < 4.78 is 46.0. The number of halogens is 3. The number of nitrogens with zero attached hydrogens (tertiary/aromatic N) is 3. The van der Waals surface area contributed by atoms with Crippen molar-refractivity contribution in [2.45, 2.75) is 37.9 Å². The lowest BCUT2D eigenvalue weighted by molar-refractivity contribution is -0.131. The van der Waals surface area contributed by atoms with Crippen LogP contribution < -0.4 is 15.4 Å². The van der Waals surface area contributed by atoms with Gasteiger partial charge in [0.2, 0.25) is 0 Å². The van der Waals surface area contributed by atoms with E-state index in [1.165, 1.54) is 12.1 Å². The fraction of sp³-hybridized carbons (Fsp3) is 0.250. The number of nitriles is 1. The number of aromatic nitrogens is 2. The van der Waals surface area contributed by atoms with Gasteiger partial charge < -0.3 is 20.5 Å². The molecule has 1 amide bonds. The minimum Gasteiger partial charge on any atom is -0.508 e. The third kappa shape index (κ3) is 5.75. The van der Waals surface area contributed by atoms with Crippen molar-refractivity contribution in [3.63, 3.8) is 0 Å². The average molecular weight is 536 g/mol. The van der Waals surface area contributed by atoms with Gasteiger partial charge in [-0.2, -0.15) is 18.4 Å². The number of ether oxygens (including phenoxy) is 1. The molecule has 1 aliphatic carbocycles. The highest BCUT2D eigenvalue weighted by Crippen LogP contribution is 2.35. The van der Waals surface area contributed by atoms with Crippen LogP contribution in [0, 0.1) is 18.3 Å². The summed E-state index contributed by atoms with van der Waals surface area (Å²) in [5.41, 5.74) is 2.40. The highest BCUT2D eigenvalue weighted by atomic mass is 19.4. The number of rotatable bonds is 8. The molecule has 0 unspecified atom stereocenters. The number of phenols is 1. The number of carbonyl (C=O) groups is 1. The first-order valence-corrected chi connectivity index (χ1v) is 12.2. The Kier molecular flexibility index (Phi) is 6.56. The number of aryl methyl sites for hydroxylation is 1. The molecule has 4 aromatic rings. The van der Waals surface area contributed by atoms with Gasteiger partial charge >= 0.3 is 6.18 Å². The number of carbonyl (C=O) groups excluding carboxylic acids is 1. The van der Waals surface area contributed by atoms with Crippen molar-refractivity contribution in [1.29, 1.82) is 5.26 Å². The zero-order valence-electron chi connectivity index (χ0n) is 20.8. The van der Waals surface area contributed by atoms with Gasteiger partial charge in [0, 0.05) is 29.8 Å². The Bertz CT molecular complexity index is 1600. The summed E-state index contributed by atoms with van der Waals surface area (Å²) in [5, 5.41) is 24.7. The zero-order valence-corrected chi connectivity index (χ0v) is 20.8. The highest BCUT2D eigenvalue weighted by molar-refractivity contribution is 5.97. The van der Waals surface area contributed by atoms with Gasteiger partial charge in [-0.05, 0) is 49.6 Å². The smallest absolute Gasteiger partial charge is 0.390 e. The first-order chi connectivity index (χ1) is 18.6. The molecule has 1 fully saturated rings. The molecule has 2 aromatic heterocycles. The lowest BCUT2D eigenvalue weighted by Crippen LogP contribution is -2.35. The molecule has 8 nitrogen and oxygen atoms in total. The van der Waals surface area contributed by atoms with Gasteiger partial charge in [0.25, 0.3) is 5.91 Å². The number of hydrogen-bond acceptors (Lipinski definition) is 6. The minimum absolute atomic E-state index is 0.00222. The number of aromatic hydroxyl groups is 1. The topological polar surface area (TPSA) is 112 Å². The van der Waals surface area contributed by atoms with E-state index in [0.717, 1.165) is 0 Å². The summed E-state index contributed by atoms with van der Waals surface area (Å²) in [6.45, 7) is 1.43. The molecule has 0 spiro atoms. The number of pyridine rings is 1. The average Bonchev–Trinajstić information content (AvgIpc) is 3.51. The molecular formula is C28H24F3N5O3. The summed E-state index contributed by atoms with van der Waals surface area (Å²) in [5.74, 6) is 0.326. The largest absolute Gasteiger partial charge is 0.508 e. The van der Waals surface area contributed by atoms with Gasteiger partial charge in [0.15, 0.2) is 5.65 Å². The molecule has 3 N–H and O–H groups in total. The van der Waals surface area contributed by atoms with E-state index in [2.05, 4.69) is 21.7 Å². The van der Waals surface area contributed by atoms with Crippen LogP contribution in [-0.4, -0.2) is 38.7 Å². The zero-order chi connectivity index (χ0) is 27.8. The molecule has 0 atom stereocenters. The molecule has 39 heavy (non-hydrogen) atoms. The van der Waals surface area contributed by atoms with Crippen LogP contribution in [0.3, 0.4) is 0 Å². The normalized spacial score (nSPS) is 14.0. The van der Waals surface area contributed by atoms with Crippen molar-refractivity contribution >= 4 is 17.2 Å². The van der Waals surface area contributed by atoms with Crippen molar-refractivity contribution in [3.05, 3.63) is 72.1 Å². The van der Waals surface area contributed by atoms with E-state index in [9.17, 15) is 28.3 Å². The molecular weight excluding hydrogens is 511 g/mol. The SMILES string of the molecule is Cc1cc(-c2cnc3c(NCCC(F)(F)F)cc(Oc4cccc(O)c4)cn23)ccc1C(=O)NC1(C#N)CC1. The molecule has 5 rings (SSSR count). The molecule has 2 aromatic carbocycles. The Morgan fingerprint density at radius 2 is 2.00 bits per heavy atom. The molecule has 1 aliphatic rings. The van der Waals surface area contributed by atoms with Crippen molar-refractivity contribution < 1.29 is 27.8 Å². The predicted octanol–water partition coefficient (Wildman–Crippen LogP) is 5.96. The summed E-state index contributed by atoms with van der Waals surface area (Å²) in [4.78, 5) is 17.2. The monoisotopic (exact) mass is 535 g/mol. The molecule has 200 valence electrons. The molecule has 0 bridgehead atoms. The van der Waals surface area contributed by atoms with Gasteiger partial charge in [-0.3, -0.25) is 9.20 Å². The lowest BCUT2D eigenvalue weighted by atomic mass is 10.0. The van der Waals surface area contributed by atoms with Crippen molar-refractivity contribution in [3.8, 4) is 34.6 Å². The molecule has 0 radical (unpaired) electrons. The first kappa shape index (κ1) is 25.9. The fourth-order valence-corrected chi connectivity index (χ4v) is 4.24. The Morgan fingerprint density at radius 3 is 2.67 bits per heavy atom. The van der Waals surface area contributed by atoms with Crippen LogP contribution in [-0.2, 0) is 0 Å². The number of hydrogen-bond donors (Lipinski definition) is 3. The number of benzene rings is 2. The second kappa shape index (κ2) is 9.87. The first-order valence-electron chi connectivity index (χ1n) is 12.2. The second-order valence-electron chi connectivity index (χ2n) is 9.50. The minimum atomic E-state index is -4.32. The Balaban J connectivity index is 1.50. The van der Waals surface area contributed by atoms with Crippen LogP contribution in [0.4, 0.5) is 18.9 Å². The van der Waals surface area contributed by atoms with Crippen LogP contribution in [0.5, 0.6) is 17.2 Å². The summed E-state index contributed by atoms with van der Waals surface area (Å²) in [7, 11) is 0. The number of alkyl halides is 3. The van der Waals surface area contributed by atoms with Gasteiger partial charge in [-0.1, -0.05) is 12.1 Å². The number of nitrogens with one attached hydrogen (secondary N) is 2. The quantitative estimate of drug-likeness (QED) is 0.257. The van der Waals surface area contributed by atoms with Crippen molar-refractivity contribution in [1.82, 2.24) is 14.7 Å². The molecule has 1 saturated carbocycles. The van der Waals surface area contributed by atoms with Gasteiger partial charge in [-0.15, -0.1) is 0 Å². The maximum atomic E-state index is 12.8. The van der Waals surface area contributed by atoms with E-state index < -0.39 is 18.1 Å². The Morgan fingerprint density at radius 1 is 1.21 bits per heavy atom. The number of phenolic OH excluding ortho intramolecular Hbond substituents is 1. The maximum Gasteiger partial charge on any atom is 0.390 e. The second-order valence-corrected chi connectivity index (χ2v) is 9.50. The van der Waals surface area contributed by atoms with E-state index >= 15 is 0 Å². The van der Waals surface area contributed by atoms with Gasteiger partial charge in [0.1, 0.15) is 22.8 Å². The highest BCUT2D eigenvalue weighted by Gasteiger charge is 2.44. The molecule has 0 saturated heterocycles. The number of imidazole rings is 1. The Hall–Kier alpha value is -4.72. The van der Waals surface area contributed by atoms with Crippen LogP contribution in [0.1, 0.15) is 35.2 Å². The number of fused-ring (bicyclic) bond motifs is 1. The van der Waals surface area contributed by atoms with Crippen LogP contribution in [0.2, 0.25) is 0 Å². The predicted molar refractivity (Wildman–Crippen MR) is 138 cm³/mol. The van der Waals surface area contributed by atoms with Crippen LogP contribution >= 0.6 is 0 Å². The Labute approximate surface area is 221 Å². The molecule has 11 heteroatoms. The molecule has 0 aliphatic heterocycles. The standard InChI is InChI=1S/C28H24F3N5O3/c1-17-11-18(5-6-22(17)26(38)35-27(16-32)7-8-27)24-14-34-25-23(33-10-9-28(29,30)31)13-21(15-36(24)25)39-20-4-2-3-19(37)12-20/h2-6,11-15,33,37H,7-10H2,1H3,(H,35,38). The van der Waals surface area contributed by atoms with E-state index in [1.807, 2.05) is 6.07 Å². The fourth-order valence-electron chi connectivity index (χ4n) is 4.24. The van der Waals surface area contributed by atoms with E-state index in [-0.39, 0.29) is 18.2 Å². The van der Waals surface area contributed by atoms with E-state index in [0.29, 0.717) is 58.1 Å². The lowest BCUT2D eigenvalue weighted by Gasteiger charge is -2.14. The number of anilines is 1. The van der Waals surface area contributed by atoms with E-state index in [4.69, 9.17) is 4.74 Å². The molecule has 2 heterocycles. The summed E-state index contributed by atoms with van der Waals surface area (Å²) in [6.07, 6.45) is -0.860. The van der Waals surface area contributed by atoms with Crippen LogP contribution in [0.25, 0.3) is 16.9 Å². The summed E-state index contributed by atoms with van der Waals surface area (Å²) >= 11 is 0. The summed E-state index contributed by atoms with van der Waals surface area (Å²) in [6, 6.07) is 15.1. The van der Waals surface area contributed by atoms with Gasteiger partial charge in [0.05, 0.1) is 36.3 Å². The number of amides is 1. The van der Waals surface area contributed by atoms with Crippen molar-refractivity contribution in [2.75, 3.05) is 11.9 Å². The van der Waals surface area contributed by atoms with Crippen molar-refractivity contribution in [2.24, 2.45) is 0 Å². The van der Waals surface area contributed by atoms with Gasteiger partial charge in [-0.25, -0.2) is 4.98 Å². The van der Waals surface area contributed by atoms with E-state index in [1.54, 1.807) is 54.0 Å². The third-order valence-corrected chi connectivity index (χ3v) is 6.44. The van der Waals surface area contributed by atoms with Crippen LogP contribution in [0.15, 0.2) is 60.9 Å². The maximum absolute atomic E-state index is 12.8. The third-order valence-electron chi connectivity index (χ3n) is 6.44.